The molecule has 0 radical (unpaired) electrons. The first-order valence-electron chi connectivity index (χ1n) is 7.56. The lowest BCUT2D eigenvalue weighted by atomic mass is 10.1. The average molecular weight is 264 g/mol. The van der Waals surface area contributed by atoms with Crippen LogP contribution in [0, 0.1) is 0 Å². The summed E-state index contributed by atoms with van der Waals surface area (Å²) in [6, 6.07) is 11.4. The van der Waals surface area contributed by atoms with Gasteiger partial charge in [-0.25, -0.2) is 0 Å². The molecule has 0 spiro atoms. The summed E-state index contributed by atoms with van der Waals surface area (Å²) in [5, 5.41) is 7.08. The summed E-state index contributed by atoms with van der Waals surface area (Å²) in [7, 11) is -1.64. The summed E-state index contributed by atoms with van der Waals surface area (Å²) in [6.45, 7) is 0. The first-order chi connectivity index (χ1) is 9.42. The van der Waals surface area contributed by atoms with Crippen LogP contribution in [0.1, 0.15) is 38.5 Å². The topological polar surface area (TPSA) is 0 Å². The van der Waals surface area contributed by atoms with Gasteiger partial charge < -0.3 is 0 Å². The van der Waals surface area contributed by atoms with Crippen LogP contribution in [0.4, 0.5) is 0 Å². The molecule has 0 fully saturated rings. The smallest absolute Gasteiger partial charge is 0.0879 e. The van der Waals surface area contributed by atoms with E-state index < -0.39 is 8.07 Å². The quantitative estimate of drug-likeness (QED) is 0.669. The molecule has 0 saturated heterocycles. The SMILES string of the molecule is C1=C2CCC=C3CCC=C(CC1)[Si]23c1ccccc1. The van der Waals surface area contributed by atoms with Crippen molar-refractivity contribution in [2.45, 2.75) is 38.5 Å². The van der Waals surface area contributed by atoms with Crippen LogP contribution in [0.25, 0.3) is 0 Å². The minimum Gasteiger partial charge on any atom is -0.0879 e. The van der Waals surface area contributed by atoms with Crippen LogP contribution in [0.3, 0.4) is 0 Å². The molecule has 0 unspecified atom stereocenters. The van der Waals surface area contributed by atoms with E-state index in [2.05, 4.69) is 48.6 Å². The zero-order valence-electron chi connectivity index (χ0n) is 11.4. The fraction of sp³-hybridized carbons (Fsp3) is 0.333. The standard InChI is InChI=1S/C18H20Si/c1-2-7-15(8-3-1)19-16-9-4-10-17(19)12-6-14-18(19)13-5-11-16/h1-3,7-9,12-13H,4-6,10-11,14H2. The van der Waals surface area contributed by atoms with Crippen molar-refractivity contribution in [1.82, 2.24) is 0 Å². The monoisotopic (exact) mass is 264 g/mol. The lowest BCUT2D eigenvalue weighted by Crippen LogP contribution is -2.57. The molecular weight excluding hydrogens is 244 g/mol. The minimum absolute atomic E-state index is 1.27. The van der Waals surface area contributed by atoms with Crippen molar-refractivity contribution in [2.24, 2.45) is 0 Å². The van der Waals surface area contributed by atoms with Crippen molar-refractivity contribution >= 4 is 13.3 Å². The van der Waals surface area contributed by atoms with Crippen molar-refractivity contribution in [3.05, 3.63) is 64.1 Å². The molecule has 0 amide bonds. The normalized spacial score (nSPS) is 23.9. The van der Waals surface area contributed by atoms with Crippen molar-refractivity contribution in [1.29, 1.82) is 0 Å². The van der Waals surface area contributed by atoms with Gasteiger partial charge in [0.15, 0.2) is 8.07 Å². The summed E-state index contributed by atoms with van der Waals surface area (Å²) in [6.07, 6.45) is 15.5. The van der Waals surface area contributed by atoms with Crippen molar-refractivity contribution in [3.8, 4) is 0 Å². The van der Waals surface area contributed by atoms with Crippen LogP contribution in [0.2, 0.25) is 0 Å². The van der Waals surface area contributed by atoms with Crippen LogP contribution in [-0.2, 0) is 0 Å². The summed E-state index contributed by atoms with van der Waals surface area (Å²) in [4.78, 5) is 0. The summed E-state index contributed by atoms with van der Waals surface area (Å²) >= 11 is 0. The molecule has 1 heteroatoms. The highest BCUT2D eigenvalue weighted by Gasteiger charge is 2.48. The highest BCUT2D eigenvalue weighted by Crippen LogP contribution is 2.46. The molecule has 0 bridgehead atoms. The Bertz CT molecular complexity index is 534. The van der Waals surface area contributed by atoms with Gasteiger partial charge in [0.2, 0.25) is 0 Å². The maximum atomic E-state index is 2.59. The number of rotatable bonds is 1. The van der Waals surface area contributed by atoms with Gasteiger partial charge in [-0.05, 0) is 43.7 Å². The van der Waals surface area contributed by atoms with E-state index in [4.69, 9.17) is 0 Å². The Hall–Kier alpha value is -1.34. The molecule has 0 aliphatic carbocycles. The van der Waals surface area contributed by atoms with Gasteiger partial charge in [-0.1, -0.05) is 64.1 Å². The fourth-order valence-corrected chi connectivity index (χ4v) is 10.3. The highest BCUT2D eigenvalue weighted by atomic mass is 28.3. The van der Waals surface area contributed by atoms with E-state index >= 15 is 0 Å². The highest BCUT2D eigenvalue weighted by molar-refractivity contribution is 7.08. The molecule has 1 aromatic carbocycles. The largest absolute Gasteiger partial charge is 0.166 e. The third-order valence-electron chi connectivity index (χ3n) is 5.07. The van der Waals surface area contributed by atoms with Crippen LogP contribution in [0.15, 0.2) is 64.1 Å². The van der Waals surface area contributed by atoms with Gasteiger partial charge in [-0.15, -0.1) is 0 Å². The third-order valence-corrected chi connectivity index (χ3v) is 10.5. The zero-order chi connectivity index (χ0) is 12.7. The second kappa shape index (κ2) is 4.34. The van der Waals surface area contributed by atoms with Crippen LogP contribution < -0.4 is 5.19 Å². The predicted molar refractivity (Wildman–Crippen MR) is 83.8 cm³/mol. The Morgan fingerprint density at radius 3 is 1.58 bits per heavy atom. The molecule has 0 aromatic heterocycles. The molecule has 4 rings (SSSR count). The second-order valence-electron chi connectivity index (χ2n) is 5.92. The zero-order valence-corrected chi connectivity index (χ0v) is 12.4. The van der Waals surface area contributed by atoms with Crippen molar-refractivity contribution in [2.75, 3.05) is 0 Å². The third kappa shape index (κ3) is 1.51. The molecule has 19 heavy (non-hydrogen) atoms. The Labute approximate surface area is 116 Å². The molecule has 3 aliphatic rings. The van der Waals surface area contributed by atoms with Gasteiger partial charge in [0.05, 0.1) is 0 Å². The van der Waals surface area contributed by atoms with E-state index in [9.17, 15) is 0 Å². The molecule has 96 valence electrons. The molecule has 1 aromatic rings. The van der Waals surface area contributed by atoms with Crippen molar-refractivity contribution < 1.29 is 0 Å². The van der Waals surface area contributed by atoms with Gasteiger partial charge in [0, 0.05) is 0 Å². The van der Waals surface area contributed by atoms with Gasteiger partial charge in [0.25, 0.3) is 0 Å². The van der Waals surface area contributed by atoms with E-state index in [0.29, 0.717) is 0 Å². The maximum Gasteiger partial charge on any atom is 0.166 e. The Kier molecular flexibility index (Phi) is 2.63. The summed E-state index contributed by atoms with van der Waals surface area (Å²) in [5.74, 6) is 0. The number of hydrogen-bond acceptors (Lipinski definition) is 0. The first-order valence-corrected chi connectivity index (χ1v) is 9.56. The Balaban J connectivity index is 2.03. The molecule has 0 saturated carbocycles. The minimum atomic E-state index is -1.64. The number of benzene rings is 1. The molecular formula is C18H20Si. The second-order valence-corrected chi connectivity index (χ2v) is 9.92. The molecule has 3 aliphatic heterocycles. The number of allylic oxidation sites excluding steroid dienone is 6. The van der Waals surface area contributed by atoms with Gasteiger partial charge in [-0.2, -0.15) is 0 Å². The average Bonchev–Trinajstić information content (AvgIpc) is 2.49. The fourth-order valence-electron chi connectivity index (χ4n) is 4.40. The van der Waals surface area contributed by atoms with E-state index in [1.165, 1.54) is 38.5 Å². The van der Waals surface area contributed by atoms with Crippen LogP contribution in [-0.4, -0.2) is 8.07 Å². The Morgan fingerprint density at radius 2 is 1.11 bits per heavy atom. The maximum absolute atomic E-state index is 2.59. The van der Waals surface area contributed by atoms with Crippen LogP contribution >= 0.6 is 0 Å². The van der Waals surface area contributed by atoms with Gasteiger partial charge in [0.1, 0.15) is 0 Å². The van der Waals surface area contributed by atoms with Gasteiger partial charge in [-0.3, -0.25) is 0 Å². The van der Waals surface area contributed by atoms with E-state index in [1.807, 2.05) is 15.6 Å². The molecule has 0 nitrogen and oxygen atoms in total. The molecule has 3 heterocycles. The summed E-state index contributed by atoms with van der Waals surface area (Å²) < 4.78 is 0. The van der Waals surface area contributed by atoms with Crippen molar-refractivity contribution in [3.63, 3.8) is 0 Å². The molecule has 0 N–H and O–H groups in total. The van der Waals surface area contributed by atoms with E-state index in [1.54, 1.807) is 5.19 Å². The number of hydrogen-bond donors (Lipinski definition) is 0. The first kappa shape index (κ1) is 11.5. The van der Waals surface area contributed by atoms with Gasteiger partial charge >= 0.3 is 0 Å². The Morgan fingerprint density at radius 1 is 0.632 bits per heavy atom. The van der Waals surface area contributed by atoms with E-state index in [-0.39, 0.29) is 0 Å². The summed E-state index contributed by atoms with van der Waals surface area (Å²) in [5.41, 5.74) is 0. The molecule has 0 atom stereocenters. The van der Waals surface area contributed by atoms with E-state index in [0.717, 1.165) is 0 Å². The predicted octanol–water partition coefficient (Wildman–Crippen LogP) is 4.12. The lowest BCUT2D eigenvalue weighted by Gasteiger charge is -2.46. The van der Waals surface area contributed by atoms with Crippen LogP contribution in [0.5, 0.6) is 0 Å². The lowest BCUT2D eigenvalue weighted by molar-refractivity contribution is 0.866.